The molecule has 2 heterocycles. The second kappa shape index (κ2) is 13.2. The first-order chi connectivity index (χ1) is 29.5. The third kappa shape index (κ3) is 5.22. The summed E-state index contributed by atoms with van der Waals surface area (Å²) in [6.45, 7) is 4.70. The molecule has 0 saturated heterocycles. The zero-order valence-electron chi connectivity index (χ0n) is 33.3. The van der Waals surface area contributed by atoms with Gasteiger partial charge in [0.25, 0.3) is 0 Å². The van der Waals surface area contributed by atoms with E-state index >= 15 is 0 Å². The number of aromatic nitrogens is 2. The van der Waals surface area contributed by atoms with Crippen LogP contribution in [0.3, 0.4) is 0 Å². The number of furan rings is 1. The molecule has 0 fully saturated rings. The van der Waals surface area contributed by atoms with Crippen molar-refractivity contribution in [2.75, 3.05) is 0 Å². The van der Waals surface area contributed by atoms with E-state index in [1.165, 1.54) is 44.2 Å². The maximum atomic E-state index is 6.34. The van der Waals surface area contributed by atoms with Crippen molar-refractivity contribution in [1.29, 1.82) is 0 Å². The largest absolute Gasteiger partial charge is 0.456 e. The van der Waals surface area contributed by atoms with Crippen molar-refractivity contribution in [2.45, 2.75) is 19.3 Å². The Balaban J connectivity index is 1.07. The van der Waals surface area contributed by atoms with Gasteiger partial charge in [-0.05, 0) is 96.4 Å². The van der Waals surface area contributed by atoms with E-state index in [4.69, 9.17) is 14.4 Å². The van der Waals surface area contributed by atoms with Crippen molar-refractivity contribution in [3.05, 3.63) is 205 Å². The van der Waals surface area contributed by atoms with Crippen LogP contribution >= 0.6 is 0 Å². The zero-order valence-corrected chi connectivity index (χ0v) is 33.3. The van der Waals surface area contributed by atoms with Gasteiger partial charge in [-0.2, -0.15) is 0 Å². The Kier molecular flexibility index (Phi) is 7.58. The van der Waals surface area contributed by atoms with E-state index in [2.05, 4.69) is 190 Å². The first-order valence-corrected chi connectivity index (χ1v) is 20.7. The van der Waals surface area contributed by atoms with Gasteiger partial charge in [-0.25, -0.2) is 9.97 Å². The number of nitrogens with zero attached hydrogens (tertiary/aromatic N) is 2. The van der Waals surface area contributed by atoms with E-state index in [-0.39, 0.29) is 5.41 Å². The molecule has 11 aromatic rings. The van der Waals surface area contributed by atoms with E-state index in [9.17, 15) is 0 Å². The quantitative estimate of drug-likeness (QED) is 0.175. The van der Waals surface area contributed by atoms with E-state index in [1.807, 2.05) is 18.2 Å². The van der Waals surface area contributed by atoms with Crippen molar-refractivity contribution in [3.8, 4) is 67.3 Å². The SMILES string of the molecule is CC1(C)c2cc3ccccc3cc2-c2c(-c3cc(-c4ccc(-c5ccccc5-c5cccc6oc7ccccc7c56)c5ccccc45)nc(-c4ccccc4)n3)cccc21. The lowest BCUT2D eigenvalue weighted by Crippen LogP contribution is -2.14. The molecule has 9 aromatic carbocycles. The molecule has 3 nitrogen and oxygen atoms in total. The smallest absolute Gasteiger partial charge is 0.160 e. The summed E-state index contributed by atoms with van der Waals surface area (Å²) < 4.78 is 6.34. The Morgan fingerprint density at radius 3 is 1.75 bits per heavy atom. The van der Waals surface area contributed by atoms with Gasteiger partial charge in [0, 0.05) is 32.9 Å². The molecule has 2 aromatic heterocycles. The Morgan fingerprint density at radius 1 is 0.383 bits per heavy atom. The summed E-state index contributed by atoms with van der Waals surface area (Å²) in [7, 11) is 0. The molecule has 0 unspecified atom stereocenters. The van der Waals surface area contributed by atoms with Crippen molar-refractivity contribution in [1.82, 2.24) is 9.97 Å². The fourth-order valence-electron chi connectivity index (χ4n) is 9.83. The molecule has 282 valence electrons. The zero-order chi connectivity index (χ0) is 40.0. The number of benzene rings is 9. The summed E-state index contributed by atoms with van der Waals surface area (Å²) in [6, 6.07) is 69.5. The van der Waals surface area contributed by atoms with Crippen LogP contribution in [0.1, 0.15) is 25.0 Å². The van der Waals surface area contributed by atoms with Gasteiger partial charge < -0.3 is 4.42 Å². The molecule has 0 saturated carbocycles. The van der Waals surface area contributed by atoms with Crippen LogP contribution in [0.2, 0.25) is 0 Å². The summed E-state index contributed by atoms with van der Waals surface area (Å²) in [6.07, 6.45) is 0. The molecule has 12 rings (SSSR count). The van der Waals surface area contributed by atoms with E-state index < -0.39 is 0 Å². The Labute approximate surface area is 348 Å². The molecule has 60 heavy (non-hydrogen) atoms. The predicted molar refractivity (Wildman–Crippen MR) is 249 cm³/mol. The van der Waals surface area contributed by atoms with Gasteiger partial charge in [-0.1, -0.05) is 178 Å². The maximum absolute atomic E-state index is 6.34. The first-order valence-electron chi connectivity index (χ1n) is 20.7. The summed E-state index contributed by atoms with van der Waals surface area (Å²) in [5.74, 6) is 0.704. The van der Waals surface area contributed by atoms with Gasteiger partial charge in [0.1, 0.15) is 11.2 Å². The second-order valence-corrected chi connectivity index (χ2v) is 16.5. The summed E-state index contributed by atoms with van der Waals surface area (Å²) >= 11 is 0. The van der Waals surface area contributed by atoms with E-state index in [0.717, 1.165) is 71.9 Å². The van der Waals surface area contributed by atoms with Crippen LogP contribution in [-0.4, -0.2) is 9.97 Å². The van der Waals surface area contributed by atoms with Crippen molar-refractivity contribution >= 4 is 43.5 Å². The Bertz CT molecular complexity index is 3520. The number of fused-ring (bicyclic) bond motifs is 8. The lowest BCUT2D eigenvalue weighted by Gasteiger charge is -2.22. The standard InChI is InChI=1S/C57H38N2O/c1-57(2)48-27-14-26-45(54(48)47-32-36-18-6-7-19-37(36)33-49(47)57)51-34-50(58-56(59-51)35-16-4-3-5-17-35)43-31-30-42(38-20-8-10-22-40(38)43)39-21-9-11-23-41(39)44-25-15-29-53-55(44)46-24-12-13-28-52(46)60-53/h3-34H,1-2H3. The molecular formula is C57H38N2O. The van der Waals surface area contributed by atoms with Gasteiger partial charge in [0.2, 0.25) is 0 Å². The number of rotatable bonds is 5. The predicted octanol–water partition coefficient (Wildman–Crippen LogP) is 15.3. The molecule has 0 aliphatic heterocycles. The fourth-order valence-corrected chi connectivity index (χ4v) is 9.83. The van der Waals surface area contributed by atoms with Crippen LogP contribution in [0.5, 0.6) is 0 Å². The van der Waals surface area contributed by atoms with Crippen LogP contribution in [0, 0.1) is 0 Å². The third-order valence-electron chi connectivity index (χ3n) is 12.7. The molecule has 0 spiro atoms. The Hall–Kier alpha value is -7.62. The molecule has 1 aliphatic carbocycles. The van der Waals surface area contributed by atoms with Crippen molar-refractivity contribution < 1.29 is 4.42 Å². The molecule has 0 bridgehead atoms. The average Bonchev–Trinajstić information content (AvgIpc) is 3.80. The van der Waals surface area contributed by atoms with E-state index in [1.54, 1.807) is 0 Å². The maximum Gasteiger partial charge on any atom is 0.160 e. The Morgan fingerprint density at radius 2 is 0.950 bits per heavy atom. The number of hydrogen-bond acceptors (Lipinski definition) is 3. The van der Waals surface area contributed by atoms with E-state index in [0.29, 0.717) is 5.82 Å². The fraction of sp³-hybridized carbons (Fsp3) is 0.0526. The minimum absolute atomic E-state index is 0.165. The normalized spacial score (nSPS) is 13.0. The summed E-state index contributed by atoms with van der Waals surface area (Å²) in [5, 5.41) is 7.06. The number of para-hydroxylation sites is 1. The average molecular weight is 767 g/mol. The summed E-state index contributed by atoms with van der Waals surface area (Å²) in [4.78, 5) is 10.7. The molecule has 0 N–H and O–H groups in total. The minimum Gasteiger partial charge on any atom is -0.456 e. The summed E-state index contributed by atoms with van der Waals surface area (Å²) in [5.41, 5.74) is 16.4. The molecule has 1 aliphatic rings. The van der Waals surface area contributed by atoms with Crippen molar-refractivity contribution in [2.24, 2.45) is 0 Å². The number of hydrogen-bond donors (Lipinski definition) is 0. The van der Waals surface area contributed by atoms with Crippen LogP contribution < -0.4 is 0 Å². The van der Waals surface area contributed by atoms with Gasteiger partial charge in [-0.3, -0.25) is 0 Å². The minimum atomic E-state index is -0.165. The van der Waals surface area contributed by atoms with Gasteiger partial charge in [-0.15, -0.1) is 0 Å². The second-order valence-electron chi connectivity index (χ2n) is 16.5. The monoisotopic (exact) mass is 766 g/mol. The molecule has 0 amide bonds. The topological polar surface area (TPSA) is 38.9 Å². The highest BCUT2D eigenvalue weighted by molar-refractivity contribution is 6.15. The highest BCUT2D eigenvalue weighted by Crippen LogP contribution is 2.53. The van der Waals surface area contributed by atoms with Crippen LogP contribution in [0.15, 0.2) is 199 Å². The molecule has 0 atom stereocenters. The van der Waals surface area contributed by atoms with Crippen LogP contribution in [0.4, 0.5) is 0 Å². The first kappa shape index (κ1) is 34.4. The van der Waals surface area contributed by atoms with Crippen molar-refractivity contribution in [3.63, 3.8) is 0 Å². The molecule has 0 radical (unpaired) electrons. The molecular weight excluding hydrogens is 729 g/mol. The van der Waals surface area contributed by atoms with Gasteiger partial charge in [0.05, 0.1) is 11.4 Å². The highest BCUT2D eigenvalue weighted by Gasteiger charge is 2.37. The highest BCUT2D eigenvalue weighted by atomic mass is 16.3. The lowest BCUT2D eigenvalue weighted by molar-refractivity contribution is 0.661. The van der Waals surface area contributed by atoms with Gasteiger partial charge >= 0.3 is 0 Å². The van der Waals surface area contributed by atoms with Gasteiger partial charge in [0.15, 0.2) is 5.82 Å². The third-order valence-corrected chi connectivity index (χ3v) is 12.7. The molecule has 3 heteroatoms. The lowest BCUT2D eigenvalue weighted by atomic mass is 9.81. The van der Waals surface area contributed by atoms with Crippen LogP contribution in [-0.2, 0) is 5.41 Å². The van der Waals surface area contributed by atoms with Crippen LogP contribution in [0.25, 0.3) is 111 Å².